The molecule has 0 saturated carbocycles. The predicted octanol–water partition coefficient (Wildman–Crippen LogP) is 2.03. The van der Waals surface area contributed by atoms with Gasteiger partial charge in [-0.1, -0.05) is 20.8 Å². The quantitative estimate of drug-likeness (QED) is 0.634. The Morgan fingerprint density at radius 2 is 2.15 bits per heavy atom. The first-order chi connectivity index (χ1) is 9.50. The van der Waals surface area contributed by atoms with E-state index in [9.17, 15) is 0 Å². The zero-order chi connectivity index (χ0) is 14.6. The summed E-state index contributed by atoms with van der Waals surface area (Å²) in [7, 11) is 1.90. The van der Waals surface area contributed by atoms with Crippen molar-refractivity contribution in [2.45, 2.75) is 40.0 Å². The molecular formula is C16H32N4. The number of hydrogen-bond donors (Lipinski definition) is 1. The lowest BCUT2D eigenvalue weighted by Gasteiger charge is -2.31. The average Bonchev–Trinajstić information content (AvgIpc) is 2.75. The summed E-state index contributed by atoms with van der Waals surface area (Å²) in [5.41, 5.74) is 0.430. The molecule has 0 aliphatic carbocycles. The highest BCUT2D eigenvalue weighted by molar-refractivity contribution is 5.80. The Bertz CT molecular complexity index is 337. The average molecular weight is 280 g/mol. The molecule has 0 spiro atoms. The molecule has 2 saturated heterocycles. The van der Waals surface area contributed by atoms with Gasteiger partial charge in [0.25, 0.3) is 0 Å². The van der Waals surface area contributed by atoms with E-state index in [0.717, 1.165) is 38.1 Å². The molecule has 0 bridgehead atoms. The molecule has 0 aromatic heterocycles. The van der Waals surface area contributed by atoms with Gasteiger partial charge in [0.05, 0.1) is 0 Å². The smallest absolute Gasteiger partial charge is 0.193 e. The summed E-state index contributed by atoms with van der Waals surface area (Å²) in [4.78, 5) is 9.43. The molecule has 2 fully saturated rings. The summed E-state index contributed by atoms with van der Waals surface area (Å²) < 4.78 is 0. The molecule has 0 aromatic rings. The number of nitrogens with one attached hydrogen (secondary N) is 1. The van der Waals surface area contributed by atoms with Crippen LogP contribution in [0.15, 0.2) is 4.99 Å². The summed E-state index contributed by atoms with van der Waals surface area (Å²) in [6.45, 7) is 14.0. The molecule has 2 aliphatic rings. The fraction of sp³-hybridized carbons (Fsp3) is 0.938. The number of likely N-dealkylation sites (tertiary alicyclic amines) is 2. The van der Waals surface area contributed by atoms with Crippen LogP contribution in [-0.4, -0.2) is 62.1 Å². The molecule has 4 heteroatoms. The molecule has 0 aromatic carbocycles. The maximum absolute atomic E-state index is 4.45. The van der Waals surface area contributed by atoms with Gasteiger partial charge in [0.15, 0.2) is 5.96 Å². The molecule has 1 unspecified atom stereocenters. The highest BCUT2D eigenvalue weighted by Gasteiger charge is 2.30. The summed E-state index contributed by atoms with van der Waals surface area (Å²) in [6, 6.07) is 0. The first-order valence-electron chi connectivity index (χ1n) is 8.18. The van der Waals surface area contributed by atoms with Crippen LogP contribution in [0.2, 0.25) is 0 Å². The van der Waals surface area contributed by atoms with Gasteiger partial charge in [0.2, 0.25) is 0 Å². The van der Waals surface area contributed by atoms with Crippen molar-refractivity contribution in [3.63, 3.8) is 0 Å². The fourth-order valence-electron chi connectivity index (χ4n) is 3.44. The minimum Gasteiger partial charge on any atom is -0.355 e. The van der Waals surface area contributed by atoms with Gasteiger partial charge in [0.1, 0.15) is 0 Å². The van der Waals surface area contributed by atoms with E-state index in [2.05, 4.69) is 40.9 Å². The number of guanidine groups is 1. The molecule has 1 N–H and O–H groups in total. The van der Waals surface area contributed by atoms with Gasteiger partial charge in [-0.2, -0.15) is 0 Å². The molecule has 0 radical (unpaired) electrons. The third-order valence-corrected chi connectivity index (χ3v) is 4.64. The molecule has 1 atom stereocenters. The Morgan fingerprint density at radius 3 is 2.75 bits per heavy atom. The topological polar surface area (TPSA) is 30.9 Å². The highest BCUT2D eigenvalue weighted by atomic mass is 15.3. The van der Waals surface area contributed by atoms with Crippen molar-refractivity contribution < 1.29 is 0 Å². The first-order valence-corrected chi connectivity index (χ1v) is 8.18. The summed E-state index contributed by atoms with van der Waals surface area (Å²) in [6.07, 6.45) is 4.02. The van der Waals surface area contributed by atoms with Crippen molar-refractivity contribution in [1.82, 2.24) is 15.1 Å². The normalized spacial score (nSPS) is 27.9. The lowest BCUT2D eigenvalue weighted by Crippen LogP contribution is -2.45. The summed E-state index contributed by atoms with van der Waals surface area (Å²) >= 11 is 0. The molecular weight excluding hydrogens is 248 g/mol. The minimum atomic E-state index is 0.430. The van der Waals surface area contributed by atoms with E-state index < -0.39 is 0 Å². The minimum absolute atomic E-state index is 0.430. The van der Waals surface area contributed by atoms with Gasteiger partial charge in [0, 0.05) is 39.8 Å². The summed E-state index contributed by atoms with van der Waals surface area (Å²) in [5, 5.41) is 3.55. The Hall–Kier alpha value is -0.770. The van der Waals surface area contributed by atoms with E-state index >= 15 is 0 Å². The molecule has 116 valence electrons. The number of piperidine rings is 1. The predicted molar refractivity (Wildman–Crippen MR) is 86.2 cm³/mol. The first kappa shape index (κ1) is 15.6. The Morgan fingerprint density at radius 1 is 1.35 bits per heavy atom. The standard InChI is InChI=1S/C16H32N4/c1-14-6-5-9-19(12-14)11-8-18-15(17-4)20-10-7-16(2,3)13-20/h14H,5-13H2,1-4H3,(H,17,18). The van der Waals surface area contributed by atoms with E-state index in [4.69, 9.17) is 0 Å². The largest absolute Gasteiger partial charge is 0.355 e. The van der Waals surface area contributed by atoms with E-state index in [-0.39, 0.29) is 0 Å². The van der Waals surface area contributed by atoms with Crippen LogP contribution in [0.5, 0.6) is 0 Å². The van der Waals surface area contributed by atoms with Gasteiger partial charge < -0.3 is 15.1 Å². The zero-order valence-corrected chi connectivity index (χ0v) is 13.8. The fourth-order valence-corrected chi connectivity index (χ4v) is 3.44. The van der Waals surface area contributed by atoms with Gasteiger partial charge in [-0.3, -0.25) is 4.99 Å². The highest BCUT2D eigenvalue weighted by Crippen LogP contribution is 2.28. The van der Waals surface area contributed by atoms with Crippen LogP contribution in [0.4, 0.5) is 0 Å². The Labute approximate surface area is 124 Å². The number of aliphatic imine (C=N–C) groups is 1. The van der Waals surface area contributed by atoms with E-state index in [1.54, 1.807) is 0 Å². The summed E-state index contributed by atoms with van der Waals surface area (Å²) in [5.74, 6) is 1.95. The Kier molecular flexibility index (Phi) is 5.30. The van der Waals surface area contributed by atoms with Crippen LogP contribution in [-0.2, 0) is 0 Å². The SMILES string of the molecule is CN=C(NCCN1CCCC(C)C1)N1CCC(C)(C)C1. The van der Waals surface area contributed by atoms with Crippen LogP contribution in [0, 0.1) is 11.3 Å². The third kappa shape index (κ3) is 4.37. The number of rotatable bonds is 3. The van der Waals surface area contributed by atoms with Crippen molar-refractivity contribution in [3.05, 3.63) is 0 Å². The van der Waals surface area contributed by atoms with Gasteiger partial charge in [-0.15, -0.1) is 0 Å². The maximum atomic E-state index is 4.45. The lowest BCUT2D eigenvalue weighted by atomic mass is 9.93. The number of hydrogen-bond acceptors (Lipinski definition) is 2. The van der Waals surface area contributed by atoms with Crippen molar-refractivity contribution in [2.24, 2.45) is 16.3 Å². The monoisotopic (exact) mass is 280 g/mol. The van der Waals surface area contributed by atoms with Crippen molar-refractivity contribution in [1.29, 1.82) is 0 Å². The lowest BCUT2D eigenvalue weighted by molar-refractivity contribution is 0.186. The molecule has 0 amide bonds. The van der Waals surface area contributed by atoms with Gasteiger partial charge in [-0.05, 0) is 37.1 Å². The number of nitrogens with zero attached hydrogens (tertiary/aromatic N) is 3. The molecule has 2 aliphatic heterocycles. The zero-order valence-electron chi connectivity index (χ0n) is 13.8. The van der Waals surface area contributed by atoms with Gasteiger partial charge >= 0.3 is 0 Å². The second-order valence-corrected chi connectivity index (χ2v) is 7.36. The second-order valence-electron chi connectivity index (χ2n) is 7.36. The van der Waals surface area contributed by atoms with Crippen molar-refractivity contribution in [2.75, 3.05) is 46.3 Å². The van der Waals surface area contributed by atoms with Crippen LogP contribution in [0.3, 0.4) is 0 Å². The van der Waals surface area contributed by atoms with Crippen LogP contribution in [0.25, 0.3) is 0 Å². The van der Waals surface area contributed by atoms with Gasteiger partial charge in [-0.25, -0.2) is 0 Å². The molecule has 2 heterocycles. The van der Waals surface area contributed by atoms with E-state index in [1.165, 1.54) is 32.4 Å². The van der Waals surface area contributed by atoms with Crippen LogP contribution < -0.4 is 5.32 Å². The van der Waals surface area contributed by atoms with Crippen molar-refractivity contribution >= 4 is 5.96 Å². The Balaban J connectivity index is 1.72. The second kappa shape index (κ2) is 6.79. The van der Waals surface area contributed by atoms with Crippen molar-refractivity contribution in [3.8, 4) is 0 Å². The molecule has 2 rings (SSSR count). The van der Waals surface area contributed by atoms with E-state index in [1.807, 2.05) is 7.05 Å². The van der Waals surface area contributed by atoms with Crippen LogP contribution >= 0.6 is 0 Å². The van der Waals surface area contributed by atoms with Crippen LogP contribution in [0.1, 0.15) is 40.0 Å². The molecule has 4 nitrogen and oxygen atoms in total. The van der Waals surface area contributed by atoms with E-state index in [0.29, 0.717) is 5.41 Å². The maximum Gasteiger partial charge on any atom is 0.193 e. The molecule has 20 heavy (non-hydrogen) atoms. The third-order valence-electron chi connectivity index (χ3n) is 4.64.